The van der Waals surface area contributed by atoms with Gasteiger partial charge in [-0.3, -0.25) is 9.59 Å². The summed E-state index contributed by atoms with van der Waals surface area (Å²) in [7, 11) is 1.57. The Bertz CT molecular complexity index is 1460. The summed E-state index contributed by atoms with van der Waals surface area (Å²) in [6.07, 6.45) is 4.34. The molecule has 36 heavy (non-hydrogen) atoms. The predicted molar refractivity (Wildman–Crippen MR) is 137 cm³/mol. The Hall–Kier alpha value is -4.11. The van der Waals surface area contributed by atoms with Gasteiger partial charge in [0, 0.05) is 47.3 Å². The van der Waals surface area contributed by atoms with Gasteiger partial charge in [-0.2, -0.15) is 0 Å². The van der Waals surface area contributed by atoms with Crippen molar-refractivity contribution in [1.29, 1.82) is 0 Å². The molecule has 4 heterocycles. The number of ether oxygens (including phenoxy) is 1. The first kappa shape index (κ1) is 22.4. The highest BCUT2D eigenvalue weighted by Crippen LogP contribution is 2.39. The van der Waals surface area contributed by atoms with Crippen molar-refractivity contribution in [2.75, 3.05) is 18.6 Å². The van der Waals surface area contributed by atoms with Crippen molar-refractivity contribution in [1.82, 2.24) is 20.3 Å². The smallest absolute Gasteiger partial charge is 0.280 e. The van der Waals surface area contributed by atoms with Gasteiger partial charge in [0.25, 0.3) is 11.8 Å². The van der Waals surface area contributed by atoms with Gasteiger partial charge in [0.15, 0.2) is 5.01 Å². The molecule has 8 nitrogen and oxygen atoms in total. The van der Waals surface area contributed by atoms with E-state index in [1.807, 2.05) is 42.5 Å². The molecule has 2 amide bonds. The molecule has 1 saturated carbocycles. The molecule has 1 N–H and O–H groups in total. The number of benzene rings is 1. The fourth-order valence-corrected chi connectivity index (χ4v) is 5.23. The predicted octanol–water partition coefficient (Wildman–Crippen LogP) is 4.37. The molecule has 0 bridgehead atoms. The number of nitrogens with one attached hydrogen (secondary N) is 1. The second-order valence-corrected chi connectivity index (χ2v) is 9.84. The van der Waals surface area contributed by atoms with Crippen LogP contribution in [0.5, 0.6) is 5.88 Å². The molecular formula is C27H23N5O3S. The van der Waals surface area contributed by atoms with E-state index in [9.17, 15) is 9.59 Å². The molecule has 180 valence electrons. The van der Waals surface area contributed by atoms with Crippen LogP contribution in [-0.2, 0) is 6.42 Å². The summed E-state index contributed by atoms with van der Waals surface area (Å²) in [5.41, 5.74) is 4.18. The lowest BCUT2D eigenvalue weighted by Gasteiger charge is -2.22. The maximum atomic E-state index is 13.7. The van der Waals surface area contributed by atoms with Gasteiger partial charge in [0.05, 0.1) is 24.2 Å². The van der Waals surface area contributed by atoms with Gasteiger partial charge < -0.3 is 15.0 Å². The molecule has 4 aromatic rings. The number of fused-ring (bicyclic) bond motifs is 3. The van der Waals surface area contributed by atoms with Crippen LogP contribution < -0.4 is 15.0 Å². The number of rotatable bonds is 5. The molecule has 3 aromatic heterocycles. The molecule has 9 heteroatoms. The standard InChI is InChI=1S/C27H23N5O3S/c1-35-23-12-9-16(15-28-23)19-6-4-7-20(30-19)27(34)32-14-13-22-24(18-5-2-3-8-21(18)32)31-26(36-22)25(33)29-17-10-11-17/h2-9,12,15,17H,10-11,13-14H2,1H3,(H,29,33). The lowest BCUT2D eigenvalue weighted by Crippen LogP contribution is -2.33. The second-order valence-electron chi connectivity index (χ2n) is 8.76. The minimum absolute atomic E-state index is 0.116. The molecule has 1 aromatic carbocycles. The van der Waals surface area contributed by atoms with Crippen LogP contribution in [0.2, 0.25) is 0 Å². The van der Waals surface area contributed by atoms with Crippen molar-refractivity contribution in [3.63, 3.8) is 0 Å². The van der Waals surface area contributed by atoms with E-state index in [2.05, 4.69) is 15.3 Å². The molecule has 0 atom stereocenters. The molecule has 0 unspecified atom stereocenters. The highest BCUT2D eigenvalue weighted by molar-refractivity contribution is 7.14. The van der Waals surface area contributed by atoms with Crippen LogP contribution in [0.15, 0.2) is 60.8 Å². The number of thiazole rings is 1. The minimum Gasteiger partial charge on any atom is -0.481 e. The third-order valence-corrected chi connectivity index (χ3v) is 7.39. The Balaban J connectivity index is 1.32. The average molecular weight is 498 g/mol. The van der Waals surface area contributed by atoms with Crippen molar-refractivity contribution < 1.29 is 14.3 Å². The number of para-hydroxylation sites is 1. The Morgan fingerprint density at radius 2 is 1.92 bits per heavy atom. The molecule has 6 rings (SSSR count). The number of aromatic nitrogens is 3. The molecule has 2 aliphatic rings. The number of carbonyl (C=O) groups is 2. The number of methoxy groups -OCH3 is 1. The van der Waals surface area contributed by atoms with E-state index in [1.165, 1.54) is 11.3 Å². The number of anilines is 1. The van der Waals surface area contributed by atoms with Gasteiger partial charge in [-0.25, -0.2) is 15.0 Å². The van der Waals surface area contributed by atoms with Gasteiger partial charge in [-0.1, -0.05) is 24.3 Å². The fourth-order valence-electron chi connectivity index (χ4n) is 4.26. The molecule has 0 spiro atoms. The number of amides is 2. The number of hydrogen-bond donors (Lipinski definition) is 1. The van der Waals surface area contributed by atoms with Crippen LogP contribution in [0.25, 0.3) is 22.5 Å². The highest BCUT2D eigenvalue weighted by Gasteiger charge is 2.30. The van der Waals surface area contributed by atoms with Crippen LogP contribution in [0.1, 0.15) is 38.0 Å². The molecule has 0 saturated heterocycles. The third kappa shape index (κ3) is 4.22. The van der Waals surface area contributed by atoms with E-state index in [-0.39, 0.29) is 17.9 Å². The first-order chi connectivity index (χ1) is 17.6. The lowest BCUT2D eigenvalue weighted by atomic mass is 10.1. The quantitative estimate of drug-likeness (QED) is 0.440. The summed E-state index contributed by atoms with van der Waals surface area (Å²) >= 11 is 1.41. The SMILES string of the molecule is COc1ccc(-c2cccc(C(=O)N3CCc4sc(C(=O)NC5CC5)nc4-c4ccccc43)n2)cn1. The normalized spacial score (nSPS) is 14.4. The zero-order valence-electron chi connectivity index (χ0n) is 19.6. The molecule has 0 radical (unpaired) electrons. The third-order valence-electron chi connectivity index (χ3n) is 6.27. The summed E-state index contributed by atoms with van der Waals surface area (Å²) in [6.45, 7) is 0.463. The Morgan fingerprint density at radius 1 is 1.06 bits per heavy atom. The summed E-state index contributed by atoms with van der Waals surface area (Å²) in [6, 6.07) is 17.0. The zero-order chi connectivity index (χ0) is 24.6. The number of hydrogen-bond acceptors (Lipinski definition) is 7. The summed E-state index contributed by atoms with van der Waals surface area (Å²) < 4.78 is 5.13. The highest BCUT2D eigenvalue weighted by atomic mass is 32.1. The van der Waals surface area contributed by atoms with E-state index >= 15 is 0 Å². The van der Waals surface area contributed by atoms with Gasteiger partial charge >= 0.3 is 0 Å². The number of carbonyl (C=O) groups excluding carboxylic acids is 2. The first-order valence-corrected chi connectivity index (χ1v) is 12.6. The van der Waals surface area contributed by atoms with E-state index < -0.39 is 0 Å². The van der Waals surface area contributed by atoms with Crippen LogP contribution in [0.4, 0.5) is 5.69 Å². The van der Waals surface area contributed by atoms with Gasteiger partial charge in [0.1, 0.15) is 5.69 Å². The Kier molecular flexibility index (Phi) is 5.69. The molecule has 1 aliphatic carbocycles. The topological polar surface area (TPSA) is 97.3 Å². The summed E-state index contributed by atoms with van der Waals surface area (Å²) in [4.78, 5) is 42.7. The molecular weight excluding hydrogens is 474 g/mol. The van der Waals surface area contributed by atoms with Crippen molar-refractivity contribution in [3.8, 4) is 28.4 Å². The largest absolute Gasteiger partial charge is 0.481 e. The first-order valence-electron chi connectivity index (χ1n) is 11.8. The van der Waals surface area contributed by atoms with E-state index in [0.29, 0.717) is 35.2 Å². The lowest BCUT2D eigenvalue weighted by molar-refractivity contribution is 0.0948. The molecule has 1 aliphatic heterocycles. The maximum Gasteiger partial charge on any atom is 0.280 e. The number of nitrogens with zero attached hydrogens (tertiary/aromatic N) is 4. The second kappa shape index (κ2) is 9.16. The maximum absolute atomic E-state index is 13.7. The van der Waals surface area contributed by atoms with E-state index in [4.69, 9.17) is 9.72 Å². The Morgan fingerprint density at radius 3 is 2.69 bits per heavy atom. The van der Waals surface area contributed by atoms with Gasteiger partial charge in [0.2, 0.25) is 5.88 Å². The van der Waals surface area contributed by atoms with Gasteiger partial charge in [-0.05, 0) is 37.1 Å². The fraction of sp³-hybridized carbons (Fsp3) is 0.222. The van der Waals surface area contributed by atoms with Crippen molar-refractivity contribution in [2.45, 2.75) is 25.3 Å². The van der Waals surface area contributed by atoms with Crippen molar-refractivity contribution in [2.24, 2.45) is 0 Å². The molecule has 1 fully saturated rings. The van der Waals surface area contributed by atoms with E-state index in [1.54, 1.807) is 30.3 Å². The average Bonchev–Trinajstić information content (AvgIpc) is 3.67. The monoisotopic (exact) mass is 497 g/mol. The minimum atomic E-state index is -0.187. The number of pyridine rings is 2. The zero-order valence-corrected chi connectivity index (χ0v) is 20.4. The summed E-state index contributed by atoms with van der Waals surface area (Å²) in [5, 5.41) is 3.49. The van der Waals surface area contributed by atoms with Crippen LogP contribution in [0, 0.1) is 0 Å². The Labute approximate surface area is 212 Å². The van der Waals surface area contributed by atoms with Crippen molar-refractivity contribution >= 4 is 28.8 Å². The van der Waals surface area contributed by atoms with Gasteiger partial charge in [-0.15, -0.1) is 11.3 Å². The summed E-state index contributed by atoms with van der Waals surface area (Å²) in [5.74, 6) is 0.212. The van der Waals surface area contributed by atoms with Crippen LogP contribution in [0.3, 0.4) is 0 Å². The van der Waals surface area contributed by atoms with Crippen LogP contribution >= 0.6 is 11.3 Å². The van der Waals surface area contributed by atoms with Crippen LogP contribution in [-0.4, -0.2) is 46.5 Å². The van der Waals surface area contributed by atoms with E-state index in [0.717, 1.165) is 40.2 Å². The van der Waals surface area contributed by atoms with Crippen molar-refractivity contribution in [3.05, 3.63) is 76.4 Å².